The molecule has 0 saturated carbocycles. The van der Waals surface area contributed by atoms with Crippen LogP contribution in [0.1, 0.15) is 33.6 Å². The molecular weight excluding hydrogens is 316 g/mol. The molecule has 1 N–H and O–H groups in total. The van der Waals surface area contributed by atoms with Gasteiger partial charge in [-0.1, -0.05) is 12.1 Å². The molecule has 0 aromatic heterocycles. The summed E-state index contributed by atoms with van der Waals surface area (Å²) in [7, 11) is 1.22. The van der Waals surface area contributed by atoms with Crippen LogP contribution in [0.25, 0.3) is 0 Å². The zero-order valence-corrected chi connectivity index (χ0v) is 13.0. The van der Waals surface area contributed by atoms with Gasteiger partial charge in [-0.25, -0.2) is 0 Å². The van der Waals surface area contributed by atoms with Crippen molar-refractivity contribution in [3.63, 3.8) is 0 Å². The highest BCUT2D eigenvalue weighted by Gasteiger charge is 2.36. The highest BCUT2D eigenvalue weighted by atomic mass is 16.5. The first kappa shape index (κ1) is 17.3. The van der Waals surface area contributed by atoms with Gasteiger partial charge in [0.05, 0.1) is 31.2 Å². The molecule has 1 aliphatic heterocycles. The minimum atomic E-state index is -0.629. The largest absolute Gasteiger partial charge is 0.469 e. The standard InChI is InChI=1S/C16H16N2O6/c1-24-14(21)7-6-10(19)8-17-13(20)9-18-15(22)11-4-2-3-5-12(11)16(18)23/h2-5H,6-9H2,1H3,(H,17,20). The van der Waals surface area contributed by atoms with Gasteiger partial charge < -0.3 is 10.1 Å². The van der Waals surface area contributed by atoms with Gasteiger partial charge in [0.1, 0.15) is 6.54 Å². The van der Waals surface area contributed by atoms with Crippen molar-refractivity contribution in [1.82, 2.24) is 10.2 Å². The Hall–Kier alpha value is -3.03. The van der Waals surface area contributed by atoms with Crippen LogP contribution < -0.4 is 5.32 Å². The van der Waals surface area contributed by atoms with Crippen molar-refractivity contribution in [2.24, 2.45) is 0 Å². The number of ketones is 1. The quantitative estimate of drug-likeness (QED) is 0.552. The topological polar surface area (TPSA) is 110 Å². The molecule has 8 nitrogen and oxygen atoms in total. The first-order valence-corrected chi connectivity index (χ1v) is 7.24. The molecular formula is C16H16N2O6. The van der Waals surface area contributed by atoms with E-state index in [-0.39, 0.29) is 36.3 Å². The molecule has 0 unspecified atom stereocenters. The molecule has 8 heteroatoms. The van der Waals surface area contributed by atoms with Gasteiger partial charge in [0, 0.05) is 6.42 Å². The van der Waals surface area contributed by atoms with E-state index in [0.29, 0.717) is 0 Å². The summed E-state index contributed by atoms with van der Waals surface area (Å²) in [6.45, 7) is -0.740. The van der Waals surface area contributed by atoms with Crippen LogP contribution in [0.15, 0.2) is 24.3 Å². The lowest BCUT2D eigenvalue weighted by Crippen LogP contribution is -2.41. The second-order valence-corrected chi connectivity index (χ2v) is 5.13. The molecule has 1 aliphatic rings. The maximum Gasteiger partial charge on any atom is 0.305 e. The number of methoxy groups -OCH3 is 1. The third-order valence-electron chi connectivity index (χ3n) is 3.50. The van der Waals surface area contributed by atoms with Crippen molar-refractivity contribution in [1.29, 1.82) is 0 Å². The van der Waals surface area contributed by atoms with E-state index in [4.69, 9.17) is 0 Å². The summed E-state index contributed by atoms with van der Waals surface area (Å²) in [5, 5.41) is 2.33. The fraction of sp³-hybridized carbons (Fsp3) is 0.312. The second-order valence-electron chi connectivity index (χ2n) is 5.13. The van der Waals surface area contributed by atoms with E-state index in [2.05, 4.69) is 10.1 Å². The summed E-state index contributed by atoms with van der Waals surface area (Å²) in [4.78, 5) is 59.3. The zero-order chi connectivity index (χ0) is 17.7. The molecule has 0 spiro atoms. The number of amides is 3. The molecule has 0 aliphatic carbocycles. The molecule has 126 valence electrons. The molecule has 0 radical (unpaired) electrons. The van der Waals surface area contributed by atoms with Crippen molar-refractivity contribution in [2.75, 3.05) is 20.2 Å². The van der Waals surface area contributed by atoms with Crippen molar-refractivity contribution < 1.29 is 28.7 Å². The molecule has 3 amide bonds. The van der Waals surface area contributed by atoms with Crippen LogP contribution in [-0.4, -0.2) is 54.6 Å². The Labute approximate surface area is 137 Å². The van der Waals surface area contributed by atoms with E-state index in [1.807, 2.05) is 0 Å². The first-order valence-electron chi connectivity index (χ1n) is 7.24. The van der Waals surface area contributed by atoms with Crippen LogP contribution in [0, 0.1) is 0 Å². The number of carbonyl (C=O) groups excluding carboxylic acids is 5. The number of rotatable bonds is 7. The van der Waals surface area contributed by atoms with Gasteiger partial charge in [-0.05, 0) is 12.1 Å². The molecule has 24 heavy (non-hydrogen) atoms. The van der Waals surface area contributed by atoms with Crippen molar-refractivity contribution >= 4 is 29.5 Å². The fourth-order valence-corrected chi connectivity index (χ4v) is 2.21. The molecule has 0 saturated heterocycles. The third kappa shape index (κ3) is 3.83. The molecule has 0 fully saturated rings. The number of hydrogen-bond acceptors (Lipinski definition) is 6. The highest BCUT2D eigenvalue weighted by molar-refractivity contribution is 6.22. The van der Waals surface area contributed by atoms with E-state index in [9.17, 15) is 24.0 Å². The van der Waals surface area contributed by atoms with E-state index in [0.717, 1.165) is 4.90 Å². The van der Waals surface area contributed by atoms with E-state index in [1.165, 1.54) is 19.2 Å². The third-order valence-corrected chi connectivity index (χ3v) is 3.50. The Morgan fingerprint density at radius 1 is 1.04 bits per heavy atom. The van der Waals surface area contributed by atoms with Crippen molar-refractivity contribution in [3.05, 3.63) is 35.4 Å². The van der Waals surface area contributed by atoms with E-state index < -0.39 is 30.2 Å². The summed E-state index contributed by atoms with van der Waals surface area (Å²) in [6.07, 6.45) is -0.121. The Morgan fingerprint density at radius 2 is 1.62 bits per heavy atom. The van der Waals surface area contributed by atoms with Gasteiger partial charge in [0.25, 0.3) is 11.8 Å². The summed E-state index contributed by atoms with van der Waals surface area (Å²) < 4.78 is 4.41. The lowest BCUT2D eigenvalue weighted by molar-refractivity contribution is -0.141. The number of carbonyl (C=O) groups is 5. The van der Waals surface area contributed by atoms with Crippen LogP contribution in [-0.2, 0) is 19.1 Å². The molecule has 1 aromatic rings. The molecule has 0 atom stereocenters. The zero-order valence-electron chi connectivity index (χ0n) is 13.0. The number of benzene rings is 1. The van der Waals surface area contributed by atoms with Gasteiger partial charge in [-0.3, -0.25) is 28.9 Å². The van der Waals surface area contributed by atoms with E-state index in [1.54, 1.807) is 12.1 Å². The number of fused-ring (bicyclic) bond motifs is 1. The lowest BCUT2D eigenvalue weighted by Gasteiger charge is -2.13. The van der Waals surface area contributed by atoms with Crippen LogP contribution in [0.3, 0.4) is 0 Å². The summed E-state index contributed by atoms with van der Waals surface area (Å²) >= 11 is 0. The summed E-state index contributed by atoms with van der Waals surface area (Å²) in [6, 6.07) is 6.30. The maximum atomic E-state index is 12.1. The molecule has 1 heterocycles. The Bertz CT molecular complexity index is 677. The monoisotopic (exact) mass is 332 g/mol. The predicted octanol–water partition coefficient (Wildman–Crippen LogP) is -0.0789. The second kappa shape index (κ2) is 7.49. The smallest absolute Gasteiger partial charge is 0.305 e. The van der Waals surface area contributed by atoms with Gasteiger partial charge in [-0.2, -0.15) is 0 Å². The van der Waals surface area contributed by atoms with Crippen LogP contribution >= 0.6 is 0 Å². The average molecular weight is 332 g/mol. The van der Waals surface area contributed by atoms with Crippen molar-refractivity contribution in [3.8, 4) is 0 Å². The number of hydrogen-bond donors (Lipinski definition) is 1. The average Bonchev–Trinajstić information content (AvgIpc) is 2.83. The Morgan fingerprint density at radius 3 is 2.17 bits per heavy atom. The van der Waals surface area contributed by atoms with Gasteiger partial charge in [0.2, 0.25) is 5.91 Å². The van der Waals surface area contributed by atoms with Gasteiger partial charge in [-0.15, -0.1) is 0 Å². The van der Waals surface area contributed by atoms with Crippen LogP contribution in [0.2, 0.25) is 0 Å². The number of imide groups is 1. The number of Topliss-reactive ketones (excluding diaryl/α,β-unsaturated/α-hetero) is 1. The number of ether oxygens (including phenoxy) is 1. The Balaban J connectivity index is 1.83. The number of nitrogens with zero attached hydrogens (tertiary/aromatic N) is 1. The highest BCUT2D eigenvalue weighted by Crippen LogP contribution is 2.21. The lowest BCUT2D eigenvalue weighted by atomic mass is 10.1. The van der Waals surface area contributed by atoms with Gasteiger partial charge >= 0.3 is 5.97 Å². The normalized spacial score (nSPS) is 12.8. The van der Waals surface area contributed by atoms with E-state index >= 15 is 0 Å². The first-order chi connectivity index (χ1) is 11.4. The van der Waals surface area contributed by atoms with Gasteiger partial charge in [0.15, 0.2) is 5.78 Å². The minimum Gasteiger partial charge on any atom is -0.469 e. The Kier molecular flexibility index (Phi) is 5.41. The predicted molar refractivity (Wildman–Crippen MR) is 81.1 cm³/mol. The van der Waals surface area contributed by atoms with Crippen molar-refractivity contribution in [2.45, 2.75) is 12.8 Å². The SMILES string of the molecule is COC(=O)CCC(=O)CNC(=O)CN1C(=O)c2ccccc2C1=O. The molecule has 2 rings (SSSR count). The minimum absolute atomic E-state index is 0.0556. The summed E-state index contributed by atoms with van der Waals surface area (Å²) in [5.41, 5.74) is 0.508. The van der Waals surface area contributed by atoms with Crippen LogP contribution in [0.4, 0.5) is 0 Å². The molecule has 0 bridgehead atoms. The molecule has 1 aromatic carbocycles. The number of esters is 1. The fourth-order valence-electron chi connectivity index (χ4n) is 2.21. The number of nitrogens with one attached hydrogen (secondary N) is 1. The maximum absolute atomic E-state index is 12.1. The van der Waals surface area contributed by atoms with Crippen LogP contribution in [0.5, 0.6) is 0 Å². The summed E-state index contributed by atoms with van der Waals surface area (Å²) in [5.74, 6) is -2.57.